The quantitative estimate of drug-likeness (QED) is 0.735. The Morgan fingerprint density at radius 3 is 2.92 bits per heavy atom. The van der Waals surface area contributed by atoms with Crippen molar-refractivity contribution in [2.24, 2.45) is 0 Å². The average Bonchev–Trinajstić information content (AvgIpc) is 2.50. The summed E-state index contributed by atoms with van der Waals surface area (Å²) in [5.74, 6) is -0.230. The molecule has 0 aliphatic heterocycles. The largest absolute Gasteiger partial charge is 0.397 e. The Morgan fingerprint density at radius 2 is 2.23 bits per heavy atom. The van der Waals surface area contributed by atoms with Crippen LogP contribution < -0.4 is 5.73 Å². The Bertz CT molecular complexity index is 450. The number of thioether (sulfide) groups is 1. The summed E-state index contributed by atoms with van der Waals surface area (Å²) in [7, 11) is 0. The van der Waals surface area contributed by atoms with Gasteiger partial charge in [0.25, 0.3) is 0 Å². The van der Waals surface area contributed by atoms with Crippen molar-refractivity contribution in [1.29, 1.82) is 0 Å². The second kappa shape index (κ2) is 3.20. The van der Waals surface area contributed by atoms with Crippen LogP contribution in [0.25, 0.3) is 10.1 Å². The molecule has 0 fully saturated rings. The molecule has 0 aliphatic rings. The van der Waals surface area contributed by atoms with Crippen molar-refractivity contribution in [3.8, 4) is 0 Å². The Labute approximate surface area is 83.7 Å². The molecular formula is C9H8FNS2. The molecule has 2 rings (SSSR count). The molecule has 0 saturated heterocycles. The van der Waals surface area contributed by atoms with Gasteiger partial charge >= 0.3 is 0 Å². The lowest BCUT2D eigenvalue weighted by molar-refractivity contribution is 0.640. The predicted octanol–water partition coefficient (Wildman–Crippen LogP) is 3.34. The van der Waals surface area contributed by atoms with Gasteiger partial charge in [-0.3, -0.25) is 0 Å². The van der Waals surface area contributed by atoms with Gasteiger partial charge in [0.1, 0.15) is 5.82 Å². The molecule has 1 nitrogen and oxygen atoms in total. The van der Waals surface area contributed by atoms with Crippen LogP contribution in [0, 0.1) is 5.82 Å². The van der Waals surface area contributed by atoms with Crippen LogP contribution in [-0.4, -0.2) is 6.26 Å². The highest BCUT2D eigenvalue weighted by Crippen LogP contribution is 2.36. The highest BCUT2D eigenvalue weighted by atomic mass is 32.2. The molecule has 1 aromatic heterocycles. The van der Waals surface area contributed by atoms with E-state index in [0.717, 1.165) is 9.60 Å². The molecule has 0 radical (unpaired) electrons. The summed E-state index contributed by atoms with van der Waals surface area (Å²) in [6.45, 7) is 0. The number of rotatable bonds is 1. The zero-order valence-corrected chi connectivity index (χ0v) is 8.64. The molecule has 0 unspecified atom stereocenters. The van der Waals surface area contributed by atoms with E-state index in [-0.39, 0.29) is 5.82 Å². The summed E-state index contributed by atoms with van der Waals surface area (Å²) in [5.41, 5.74) is 6.20. The van der Waals surface area contributed by atoms with Gasteiger partial charge in [0.05, 0.1) is 15.8 Å². The second-order valence-corrected chi connectivity index (χ2v) is 4.37. The molecule has 1 heterocycles. The summed E-state index contributed by atoms with van der Waals surface area (Å²) in [4.78, 5) is 1.08. The lowest BCUT2D eigenvalue weighted by Gasteiger charge is -1.99. The van der Waals surface area contributed by atoms with Crippen LogP contribution in [0.4, 0.5) is 10.1 Å². The normalized spacial score (nSPS) is 10.9. The zero-order valence-electron chi connectivity index (χ0n) is 7.00. The maximum atomic E-state index is 13.3. The SMILES string of the molecule is CSc1ccc(F)c2c(N)csc12. The Hall–Kier alpha value is -0.740. The first-order valence-corrected chi connectivity index (χ1v) is 5.83. The molecule has 0 spiro atoms. The van der Waals surface area contributed by atoms with E-state index < -0.39 is 0 Å². The third-order valence-electron chi connectivity index (χ3n) is 1.88. The van der Waals surface area contributed by atoms with Crippen molar-refractivity contribution in [3.05, 3.63) is 23.3 Å². The Kier molecular flexibility index (Phi) is 2.17. The van der Waals surface area contributed by atoms with Crippen LogP contribution in [0.5, 0.6) is 0 Å². The van der Waals surface area contributed by atoms with E-state index in [9.17, 15) is 4.39 Å². The van der Waals surface area contributed by atoms with E-state index in [4.69, 9.17) is 5.73 Å². The molecule has 4 heteroatoms. The first-order valence-electron chi connectivity index (χ1n) is 3.73. The molecule has 0 bridgehead atoms. The second-order valence-electron chi connectivity index (χ2n) is 2.64. The third kappa shape index (κ3) is 1.30. The lowest BCUT2D eigenvalue weighted by Crippen LogP contribution is -1.84. The predicted molar refractivity (Wildman–Crippen MR) is 58.0 cm³/mol. The monoisotopic (exact) mass is 213 g/mol. The fourth-order valence-corrected chi connectivity index (χ4v) is 3.03. The van der Waals surface area contributed by atoms with Crippen LogP contribution in [0.1, 0.15) is 0 Å². The molecule has 2 N–H and O–H groups in total. The maximum absolute atomic E-state index is 13.3. The summed E-state index contributed by atoms with van der Waals surface area (Å²) in [6, 6.07) is 3.26. The minimum atomic E-state index is -0.230. The van der Waals surface area contributed by atoms with Crippen molar-refractivity contribution in [2.45, 2.75) is 4.90 Å². The van der Waals surface area contributed by atoms with Crippen LogP contribution in [-0.2, 0) is 0 Å². The standard InChI is InChI=1S/C9H8FNS2/c1-12-7-3-2-5(10)8-6(11)4-13-9(7)8/h2-4H,11H2,1H3. The minimum Gasteiger partial charge on any atom is -0.397 e. The molecule has 0 aliphatic carbocycles. The van der Waals surface area contributed by atoms with Gasteiger partial charge in [-0.05, 0) is 18.4 Å². The van der Waals surface area contributed by atoms with E-state index in [1.165, 1.54) is 17.4 Å². The minimum absolute atomic E-state index is 0.230. The van der Waals surface area contributed by atoms with Gasteiger partial charge in [-0.15, -0.1) is 23.1 Å². The van der Waals surface area contributed by atoms with Gasteiger partial charge < -0.3 is 5.73 Å². The van der Waals surface area contributed by atoms with Crippen molar-refractivity contribution in [3.63, 3.8) is 0 Å². The van der Waals surface area contributed by atoms with Gasteiger partial charge in [0.15, 0.2) is 0 Å². The fraction of sp³-hybridized carbons (Fsp3) is 0.111. The van der Waals surface area contributed by atoms with Crippen molar-refractivity contribution < 1.29 is 4.39 Å². The van der Waals surface area contributed by atoms with Gasteiger partial charge in [0.2, 0.25) is 0 Å². The van der Waals surface area contributed by atoms with Crippen molar-refractivity contribution in [1.82, 2.24) is 0 Å². The Balaban J connectivity index is 2.87. The number of nitrogen functional groups attached to an aromatic ring is 1. The van der Waals surface area contributed by atoms with E-state index in [0.29, 0.717) is 11.1 Å². The Morgan fingerprint density at radius 1 is 1.46 bits per heavy atom. The number of nitrogens with two attached hydrogens (primary N) is 1. The van der Waals surface area contributed by atoms with Gasteiger partial charge in [-0.2, -0.15) is 0 Å². The molecule has 0 amide bonds. The lowest BCUT2D eigenvalue weighted by atomic mass is 10.2. The van der Waals surface area contributed by atoms with E-state index in [1.807, 2.05) is 6.26 Å². The first-order chi connectivity index (χ1) is 6.24. The summed E-state index contributed by atoms with van der Waals surface area (Å²) in [5, 5.41) is 2.35. The van der Waals surface area contributed by atoms with Gasteiger partial charge in [-0.25, -0.2) is 4.39 Å². The topological polar surface area (TPSA) is 26.0 Å². The van der Waals surface area contributed by atoms with Crippen molar-refractivity contribution in [2.75, 3.05) is 12.0 Å². The molecule has 0 saturated carbocycles. The average molecular weight is 213 g/mol. The molecule has 13 heavy (non-hydrogen) atoms. The highest BCUT2D eigenvalue weighted by molar-refractivity contribution is 7.99. The molecular weight excluding hydrogens is 205 g/mol. The number of fused-ring (bicyclic) bond motifs is 1. The maximum Gasteiger partial charge on any atom is 0.134 e. The van der Waals surface area contributed by atoms with E-state index >= 15 is 0 Å². The summed E-state index contributed by atoms with van der Waals surface area (Å²) in [6.07, 6.45) is 1.97. The van der Waals surface area contributed by atoms with E-state index in [2.05, 4.69) is 0 Å². The number of benzene rings is 1. The van der Waals surface area contributed by atoms with E-state index in [1.54, 1.807) is 23.2 Å². The van der Waals surface area contributed by atoms with Crippen LogP contribution in [0.15, 0.2) is 22.4 Å². The first kappa shape index (κ1) is 8.84. The van der Waals surface area contributed by atoms with Gasteiger partial charge in [0, 0.05) is 10.3 Å². The number of hydrogen-bond acceptors (Lipinski definition) is 3. The van der Waals surface area contributed by atoms with Crippen molar-refractivity contribution >= 4 is 38.9 Å². The number of thiophene rings is 1. The van der Waals surface area contributed by atoms with Gasteiger partial charge in [-0.1, -0.05) is 0 Å². The van der Waals surface area contributed by atoms with Crippen LogP contribution >= 0.6 is 23.1 Å². The van der Waals surface area contributed by atoms with Crippen LogP contribution in [0.3, 0.4) is 0 Å². The van der Waals surface area contributed by atoms with Crippen LogP contribution in [0.2, 0.25) is 0 Å². The highest BCUT2D eigenvalue weighted by Gasteiger charge is 2.09. The zero-order chi connectivity index (χ0) is 9.42. The molecule has 1 aromatic carbocycles. The number of anilines is 1. The summed E-state index contributed by atoms with van der Waals surface area (Å²) >= 11 is 3.10. The summed E-state index contributed by atoms with van der Waals surface area (Å²) < 4.78 is 14.3. The molecule has 68 valence electrons. The number of halogens is 1. The number of hydrogen-bond donors (Lipinski definition) is 1. The molecule has 2 aromatic rings. The third-order valence-corrected chi connectivity index (χ3v) is 3.82. The fourth-order valence-electron chi connectivity index (χ4n) is 1.27. The smallest absolute Gasteiger partial charge is 0.134 e. The molecule has 0 atom stereocenters.